The van der Waals surface area contributed by atoms with Crippen LogP contribution in [0.15, 0.2) is 30.3 Å². The molecule has 4 amide bonds. The minimum Gasteiger partial charge on any atom is -0.480 e. The number of aliphatic carboxylic acids is 1. The Kier molecular flexibility index (Phi) is 14.1. The summed E-state index contributed by atoms with van der Waals surface area (Å²) in [6.07, 6.45) is -1.18. The van der Waals surface area contributed by atoms with E-state index in [1.54, 1.807) is 38.1 Å². The number of nitrogens with one attached hydrogen (secondary N) is 4. The number of carboxylic acids is 1. The van der Waals surface area contributed by atoms with Crippen LogP contribution in [0.3, 0.4) is 0 Å². The maximum Gasteiger partial charge on any atom is 0.328 e. The van der Waals surface area contributed by atoms with E-state index in [4.69, 9.17) is 10.8 Å². The van der Waals surface area contributed by atoms with Crippen LogP contribution >= 0.6 is 0 Å². The van der Waals surface area contributed by atoms with Crippen LogP contribution in [0.1, 0.15) is 32.8 Å². The highest BCUT2D eigenvalue weighted by molar-refractivity contribution is 5.95. The number of carboxylic acid groups (broad SMARTS) is 1. The third-order valence-electron chi connectivity index (χ3n) is 5.65. The Labute approximate surface area is 226 Å². The molecule has 0 fully saturated rings. The lowest BCUT2D eigenvalue weighted by atomic mass is 10.0. The van der Waals surface area contributed by atoms with E-state index in [1.165, 1.54) is 0 Å². The standard InChI is InChI=1S/C25H39N5O9/c1-13(2)9-17(22(35)29-19(12-32)24(37)30-20(14(3)33)25(38)39)27-23(36)18(11-31)28-21(34)16(26)10-15-7-5-4-6-8-15/h4-8,13-14,16-20,31-33H,9-12,26H2,1-3H3,(H,27,36)(H,28,34)(H,29,35)(H,30,37)(H,38,39)/t14-,16+,17+,18+,19+,20+/m1/s1. The van der Waals surface area contributed by atoms with E-state index in [0.717, 1.165) is 12.5 Å². The molecule has 1 aromatic carbocycles. The van der Waals surface area contributed by atoms with Gasteiger partial charge in [0, 0.05) is 0 Å². The maximum atomic E-state index is 12.9. The molecule has 0 radical (unpaired) electrons. The summed E-state index contributed by atoms with van der Waals surface area (Å²) in [5.74, 6) is -5.17. The third kappa shape index (κ3) is 11.4. The second kappa shape index (κ2) is 16.4. The van der Waals surface area contributed by atoms with Crippen molar-refractivity contribution in [1.82, 2.24) is 21.3 Å². The fourth-order valence-electron chi connectivity index (χ4n) is 3.52. The summed E-state index contributed by atoms with van der Waals surface area (Å²) >= 11 is 0. The van der Waals surface area contributed by atoms with Gasteiger partial charge in [0.25, 0.3) is 0 Å². The van der Waals surface area contributed by atoms with Crippen molar-refractivity contribution in [2.24, 2.45) is 11.7 Å². The molecular weight excluding hydrogens is 514 g/mol. The average molecular weight is 554 g/mol. The molecule has 0 aliphatic heterocycles. The summed E-state index contributed by atoms with van der Waals surface area (Å²) in [4.78, 5) is 62.0. The Balaban J connectivity index is 2.89. The van der Waals surface area contributed by atoms with E-state index < -0.39 is 79.1 Å². The molecule has 0 heterocycles. The molecule has 0 saturated carbocycles. The zero-order valence-corrected chi connectivity index (χ0v) is 22.2. The van der Waals surface area contributed by atoms with Gasteiger partial charge in [0.2, 0.25) is 23.6 Å². The Morgan fingerprint density at radius 2 is 1.23 bits per heavy atom. The van der Waals surface area contributed by atoms with Gasteiger partial charge >= 0.3 is 5.97 Å². The molecule has 6 atom stereocenters. The molecule has 10 N–H and O–H groups in total. The summed E-state index contributed by atoms with van der Waals surface area (Å²) in [5.41, 5.74) is 6.73. The van der Waals surface area contributed by atoms with Crippen molar-refractivity contribution in [3.8, 4) is 0 Å². The van der Waals surface area contributed by atoms with Crippen LogP contribution in [0.4, 0.5) is 0 Å². The molecule has 218 valence electrons. The van der Waals surface area contributed by atoms with Crippen molar-refractivity contribution in [3.63, 3.8) is 0 Å². The molecule has 0 aliphatic rings. The quantitative estimate of drug-likeness (QED) is 0.100. The average Bonchev–Trinajstić information content (AvgIpc) is 2.87. The van der Waals surface area contributed by atoms with Crippen LogP contribution in [0.5, 0.6) is 0 Å². The molecule has 14 heteroatoms. The van der Waals surface area contributed by atoms with Crippen LogP contribution in [-0.4, -0.2) is 99.6 Å². The molecule has 0 aliphatic carbocycles. The highest BCUT2D eigenvalue weighted by Gasteiger charge is 2.32. The van der Waals surface area contributed by atoms with Crippen molar-refractivity contribution in [1.29, 1.82) is 0 Å². The molecule has 0 bridgehead atoms. The lowest BCUT2D eigenvalue weighted by Gasteiger charge is -2.26. The third-order valence-corrected chi connectivity index (χ3v) is 5.65. The van der Waals surface area contributed by atoms with Gasteiger partial charge in [-0.1, -0.05) is 44.2 Å². The van der Waals surface area contributed by atoms with E-state index in [2.05, 4.69) is 16.0 Å². The smallest absolute Gasteiger partial charge is 0.328 e. The van der Waals surface area contributed by atoms with Crippen LogP contribution in [0.2, 0.25) is 0 Å². The van der Waals surface area contributed by atoms with Crippen molar-refractivity contribution in [3.05, 3.63) is 35.9 Å². The van der Waals surface area contributed by atoms with Crippen LogP contribution in [0.25, 0.3) is 0 Å². The van der Waals surface area contributed by atoms with Gasteiger partial charge in [-0.2, -0.15) is 0 Å². The zero-order chi connectivity index (χ0) is 29.7. The molecule has 0 spiro atoms. The van der Waals surface area contributed by atoms with Crippen molar-refractivity contribution in [2.45, 2.75) is 69.9 Å². The van der Waals surface area contributed by atoms with E-state index >= 15 is 0 Å². The molecular formula is C25H39N5O9. The first kappa shape index (κ1) is 33.4. The minimum absolute atomic E-state index is 0.0857. The van der Waals surface area contributed by atoms with Gasteiger partial charge in [-0.05, 0) is 31.2 Å². The number of aliphatic hydroxyl groups is 3. The number of carbonyl (C=O) groups excluding carboxylic acids is 4. The van der Waals surface area contributed by atoms with E-state index in [0.29, 0.717) is 0 Å². The molecule has 0 saturated heterocycles. The van der Waals surface area contributed by atoms with Crippen LogP contribution < -0.4 is 27.0 Å². The SMILES string of the molecule is CC(C)C[C@H](NC(=O)[C@H](CO)NC(=O)[C@@H](N)Cc1ccccc1)C(=O)N[C@@H](CO)C(=O)N[C@H](C(=O)O)[C@@H](C)O. The lowest BCUT2D eigenvalue weighted by Crippen LogP contribution is -2.60. The molecule has 1 rings (SSSR count). The number of hydrogen-bond acceptors (Lipinski definition) is 9. The second-order valence-electron chi connectivity index (χ2n) is 9.54. The normalized spacial score (nSPS) is 15.7. The van der Waals surface area contributed by atoms with Gasteiger partial charge < -0.3 is 47.4 Å². The number of benzene rings is 1. The predicted molar refractivity (Wildman–Crippen MR) is 139 cm³/mol. The summed E-state index contributed by atoms with van der Waals surface area (Å²) < 4.78 is 0. The van der Waals surface area contributed by atoms with Crippen molar-refractivity contribution in [2.75, 3.05) is 13.2 Å². The molecule has 1 aromatic rings. The van der Waals surface area contributed by atoms with Gasteiger partial charge in [0.1, 0.15) is 18.1 Å². The summed E-state index contributed by atoms with van der Waals surface area (Å²) in [6, 6.07) is 1.99. The largest absolute Gasteiger partial charge is 0.480 e. The number of amides is 4. The number of aliphatic hydroxyl groups excluding tert-OH is 3. The summed E-state index contributed by atoms with van der Waals surface area (Å²) in [7, 11) is 0. The number of nitrogens with two attached hydrogens (primary N) is 1. The van der Waals surface area contributed by atoms with Gasteiger partial charge in [-0.15, -0.1) is 0 Å². The molecule has 14 nitrogen and oxygen atoms in total. The number of rotatable bonds is 16. The Hall–Kier alpha value is -3.59. The first-order valence-electron chi connectivity index (χ1n) is 12.4. The first-order chi connectivity index (χ1) is 18.3. The van der Waals surface area contributed by atoms with Crippen LogP contribution in [0, 0.1) is 5.92 Å². The van der Waals surface area contributed by atoms with E-state index in [9.17, 15) is 39.3 Å². The number of hydrogen-bond donors (Lipinski definition) is 9. The topological polar surface area (TPSA) is 240 Å². The van der Waals surface area contributed by atoms with E-state index in [-0.39, 0.29) is 18.8 Å². The summed E-state index contributed by atoms with van der Waals surface area (Å²) in [5, 5.41) is 47.0. The van der Waals surface area contributed by atoms with Gasteiger partial charge in [-0.25, -0.2) is 4.79 Å². The Bertz CT molecular complexity index is 974. The number of carbonyl (C=O) groups is 5. The van der Waals surface area contributed by atoms with Crippen LogP contribution in [-0.2, 0) is 30.4 Å². The highest BCUT2D eigenvalue weighted by Crippen LogP contribution is 2.07. The minimum atomic E-state index is -1.68. The van der Waals surface area contributed by atoms with Gasteiger partial charge in [0.15, 0.2) is 6.04 Å². The van der Waals surface area contributed by atoms with Crippen molar-refractivity contribution < 1.29 is 44.4 Å². The fourth-order valence-corrected chi connectivity index (χ4v) is 3.52. The zero-order valence-electron chi connectivity index (χ0n) is 22.2. The second-order valence-corrected chi connectivity index (χ2v) is 9.54. The van der Waals surface area contributed by atoms with Gasteiger partial charge in [-0.3, -0.25) is 19.2 Å². The monoisotopic (exact) mass is 553 g/mol. The fraction of sp³-hybridized carbons (Fsp3) is 0.560. The van der Waals surface area contributed by atoms with Crippen molar-refractivity contribution >= 4 is 29.6 Å². The predicted octanol–water partition coefficient (Wildman–Crippen LogP) is -3.01. The Morgan fingerprint density at radius 1 is 0.769 bits per heavy atom. The maximum absolute atomic E-state index is 12.9. The molecule has 0 unspecified atom stereocenters. The Morgan fingerprint density at radius 3 is 1.69 bits per heavy atom. The molecule has 0 aromatic heterocycles. The lowest BCUT2D eigenvalue weighted by molar-refractivity contribution is -0.145. The van der Waals surface area contributed by atoms with Gasteiger partial charge in [0.05, 0.1) is 25.4 Å². The van der Waals surface area contributed by atoms with E-state index in [1.807, 2.05) is 11.4 Å². The molecule has 39 heavy (non-hydrogen) atoms. The first-order valence-corrected chi connectivity index (χ1v) is 12.4. The highest BCUT2D eigenvalue weighted by atomic mass is 16.4. The summed E-state index contributed by atoms with van der Waals surface area (Å²) in [6.45, 7) is 2.97.